The van der Waals surface area contributed by atoms with Crippen molar-refractivity contribution in [1.82, 2.24) is 15.8 Å². The molecule has 7 nitrogen and oxygen atoms in total. The Balaban J connectivity index is 0.00000280. The fourth-order valence-electron chi connectivity index (χ4n) is 3.28. The van der Waals surface area contributed by atoms with Crippen LogP contribution >= 0.6 is 24.0 Å². The fraction of sp³-hybridized carbons (Fsp3) is 0.500. The lowest BCUT2D eigenvalue weighted by atomic mass is 10.00. The molecule has 0 saturated carbocycles. The number of halogens is 1. The van der Waals surface area contributed by atoms with Crippen LogP contribution in [0.4, 0.5) is 0 Å². The molecule has 3 rings (SSSR count). The van der Waals surface area contributed by atoms with Gasteiger partial charge in [0, 0.05) is 31.1 Å². The summed E-state index contributed by atoms with van der Waals surface area (Å²) in [6.07, 6.45) is 0.875. The van der Waals surface area contributed by atoms with Gasteiger partial charge in [0.25, 0.3) is 0 Å². The number of guanidine groups is 1. The number of hydrogen-bond donors (Lipinski definition) is 2. The summed E-state index contributed by atoms with van der Waals surface area (Å²) in [4.78, 5) is 4.72. The molecule has 1 aliphatic heterocycles. The highest BCUT2D eigenvalue weighted by Gasteiger charge is 2.16. The first kappa shape index (κ1) is 22.3. The van der Waals surface area contributed by atoms with Crippen LogP contribution in [0.5, 0.6) is 11.5 Å². The second-order valence-electron chi connectivity index (χ2n) is 6.72. The summed E-state index contributed by atoms with van der Waals surface area (Å²) in [5.74, 6) is 3.57. The summed E-state index contributed by atoms with van der Waals surface area (Å²) in [5, 5.41) is 10.7. The molecule has 1 aromatic heterocycles. The quantitative estimate of drug-likeness (QED) is 0.344. The molecule has 0 aliphatic carbocycles. The highest BCUT2D eigenvalue weighted by molar-refractivity contribution is 14.0. The zero-order valence-corrected chi connectivity index (χ0v) is 19.2. The minimum absolute atomic E-state index is 0. The lowest BCUT2D eigenvalue weighted by Crippen LogP contribution is -2.38. The summed E-state index contributed by atoms with van der Waals surface area (Å²) in [5.41, 5.74) is 3.29. The van der Waals surface area contributed by atoms with Gasteiger partial charge in [-0.1, -0.05) is 18.1 Å². The van der Waals surface area contributed by atoms with Gasteiger partial charge in [0.2, 0.25) is 6.79 Å². The molecule has 0 radical (unpaired) electrons. The molecule has 1 aliphatic rings. The summed E-state index contributed by atoms with van der Waals surface area (Å²) in [7, 11) is 0. The van der Waals surface area contributed by atoms with Crippen molar-refractivity contribution >= 4 is 29.9 Å². The van der Waals surface area contributed by atoms with Gasteiger partial charge in [-0.15, -0.1) is 24.0 Å². The van der Waals surface area contributed by atoms with Crippen molar-refractivity contribution in [2.24, 2.45) is 4.99 Å². The number of nitrogens with zero attached hydrogens (tertiary/aromatic N) is 2. The first-order chi connectivity index (χ1) is 13.1. The average molecular weight is 500 g/mol. The Morgan fingerprint density at radius 3 is 2.71 bits per heavy atom. The molecule has 0 saturated heterocycles. The van der Waals surface area contributed by atoms with E-state index in [0.717, 1.165) is 54.0 Å². The van der Waals surface area contributed by atoms with Crippen LogP contribution in [0.15, 0.2) is 27.7 Å². The Kier molecular flexibility index (Phi) is 8.40. The molecule has 0 spiro atoms. The van der Waals surface area contributed by atoms with Gasteiger partial charge in [-0.05, 0) is 44.9 Å². The van der Waals surface area contributed by atoms with Gasteiger partial charge in [-0.25, -0.2) is 0 Å². The van der Waals surface area contributed by atoms with Crippen molar-refractivity contribution in [3.8, 4) is 11.5 Å². The van der Waals surface area contributed by atoms with Crippen molar-refractivity contribution in [3.63, 3.8) is 0 Å². The summed E-state index contributed by atoms with van der Waals surface area (Å²) < 4.78 is 16.1. The van der Waals surface area contributed by atoms with E-state index < -0.39 is 0 Å². The molecular weight excluding hydrogens is 471 g/mol. The van der Waals surface area contributed by atoms with Gasteiger partial charge in [0.15, 0.2) is 17.5 Å². The van der Waals surface area contributed by atoms with Crippen molar-refractivity contribution in [3.05, 3.63) is 40.8 Å². The maximum atomic E-state index is 5.43. The Hall–Kier alpha value is -1.97. The topological polar surface area (TPSA) is 80.9 Å². The van der Waals surface area contributed by atoms with Crippen LogP contribution in [0.25, 0.3) is 0 Å². The number of nitrogens with one attached hydrogen (secondary N) is 2. The highest BCUT2D eigenvalue weighted by atomic mass is 127. The third-order valence-electron chi connectivity index (χ3n) is 4.59. The fourth-order valence-corrected chi connectivity index (χ4v) is 3.28. The number of benzene rings is 1. The minimum Gasteiger partial charge on any atom is -0.454 e. The largest absolute Gasteiger partial charge is 0.454 e. The SMILES string of the molecule is CCNC(=NCC(C)c1c(C)noc1C)NCCc1ccc2c(c1)OCO2.I. The number of aryl methyl sites for hydroxylation is 2. The lowest BCUT2D eigenvalue weighted by Gasteiger charge is -2.13. The molecular formula is C20H29IN4O3. The van der Waals surface area contributed by atoms with Gasteiger partial charge in [0.1, 0.15) is 5.76 Å². The van der Waals surface area contributed by atoms with Gasteiger partial charge in [0.05, 0.1) is 5.69 Å². The molecule has 154 valence electrons. The van der Waals surface area contributed by atoms with Crippen LogP contribution in [-0.2, 0) is 6.42 Å². The van der Waals surface area contributed by atoms with Crippen LogP contribution in [0.2, 0.25) is 0 Å². The summed E-state index contributed by atoms with van der Waals surface area (Å²) in [6, 6.07) is 6.06. The number of rotatable bonds is 7. The first-order valence-electron chi connectivity index (χ1n) is 9.42. The van der Waals surface area contributed by atoms with Crippen LogP contribution < -0.4 is 20.1 Å². The molecule has 0 fully saturated rings. The average Bonchev–Trinajstić information content (AvgIpc) is 3.25. The van der Waals surface area contributed by atoms with E-state index in [1.807, 2.05) is 26.0 Å². The van der Waals surface area contributed by atoms with Crippen LogP contribution in [0, 0.1) is 13.8 Å². The van der Waals surface area contributed by atoms with Crippen molar-refractivity contribution in [2.45, 2.75) is 40.0 Å². The van der Waals surface area contributed by atoms with Crippen molar-refractivity contribution < 1.29 is 14.0 Å². The van der Waals surface area contributed by atoms with E-state index in [4.69, 9.17) is 19.0 Å². The second kappa shape index (κ2) is 10.5. The normalized spacial score (nSPS) is 13.8. The van der Waals surface area contributed by atoms with E-state index in [-0.39, 0.29) is 29.9 Å². The number of aromatic nitrogens is 1. The Morgan fingerprint density at radius 1 is 1.21 bits per heavy atom. The molecule has 1 atom stereocenters. The van der Waals surface area contributed by atoms with Crippen LogP contribution in [0.1, 0.15) is 42.3 Å². The minimum atomic E-state index is 0. The third kappa shape index (κ3) is 5.52. The van der Waals surface area contributed by atoms with E-state index in [1.54, 1.807) is 0 Å². The Labute approximate surface area is 183 Å². The van der Waals surface area contributed by atoms with E-state index in [9.17, 15) is 0 Å². The summed E-state index contributed by atoms with van der Waals surface area (Å²) >= 11 is 0. The molecule has 2 aromatic rings. The Bertz CT molecular complexity index is 787. The van der Waals surface area contributed by atoms with E-state index in [1.165, 1.54) is 5.56 Å². The standard InChI is InChI=1S/C20H28N4O3.HI/c1-5-21-20(23-11-13(2)19-14(3)24-27-15(19)4)22-9-8-16-6-7-17-18(10-16)26-12-25-17;/h6-7,10,13H,5,8-9,11-12H2,1-4H3,(H2,21,22,23);1H. The Morgan fingerprint density at radius 2 is 2.00 bits per heavy atom. The molecule has 1 aromatic carbocycles. The van der Waals surface area contributed by atoms with Crippen molar-refractivity contribution in [1.29, 1.82) is 0 Å². The van der Waals surface area contributed by atoms with Gasteiger partial charge in [-0.3, -0.25) is 4.99 Å². The van der Waals surface area contributed by atoms with E-state index in [0.29, 0.717) is 13.3 Å². The maximum absolute atomic E-state index is 5.43. The zero-order chi connectivity index (χ0) is 19.2. The molecule has 28 heavy (non-hydrogen) atoms. The molecule has 8 heteroatoms. The van der Waals surface area contributed by atoms with Gasteiger partial charge in [-0.2, -0.15) is 0 Å². The van der Waals surface area contributed by atoms with E-state index >= 15 is 0 Å². The number of fused-ring (bicyclic) bond motifs is 1. The molecule has 2 N–H and O–H groups in total. The predicted molar refractivity (Wildman–Crippen MR) is 120 cm³/mol. The maximum Gasteiger partial charge on any atom is 0.231 e. The number of hydrogen-bond acceptors (Lipinski definition) is 5. The first-order valence-corrected chi connectivity index (χ1v) is 9.42. The second-order valence-corrected chi connectivity index (χ2v) is 6.72. The molecule has 0 bridgehead atoms. The van der Waals surface area contributed by atoms with Gasteiger partial charge >= 0.3 is 0 Å². The number of aliphatic imine (C=N–C) groups is 1. The van der Waals surface area contributed by atoms with Crippen LogP contribution in [0.3, 0.4) is 0 Å². The number of ether oxygens (including phenoxy) is 2. The molecule has 1 unspecified atom stereocenters. The summed E-state index contributed by atoms with van der Waals surface area (Å²) in [6.45, 7) is 10.7. The highest BCUT2D eigenvalue weighted by Crippen LogP contribution is 2.32. The third-order valence-corrected chi connectivity index (χ3v) is 4.59. The monoisotopic (exact) mass is 500 g/mol. The zero-order valence-electron chi connectivity index (χ0n) is 16.9. The predicted octanol–water partition coefficient (Wildman–Crippen LogP) is 3.54. The smallest absolute Gasteiger partial charge is 0.231 e. The van der Waals surface area contributed by atoms with Gasteiger partial charge < -0.3 is 24.6 Å². The van der Waals surface area contributed by atoms with Crippen molar-refractivity contribution in [2.75, 3.05) is 26.4 Å². The molecule has 2 heterocycles. The van der Waals surface area contributed by atoms with Crippen LogP contribution in [-0.4, -0.2) is 37.5 Å². The lowest BCUT2D eigenvalue weighted by molar-refractivity contribution is 0.174. The molecule has 0 amide bonds. The van der Waals surface area contributed by atoms with E-state index in [2.05, 4.69) is 35.7 Å².